The summed E-state index contributed by atoms with van der Waals surface area (Å²) >= 11 is 5.70. The molecule has 0 bridgehead atoms. The van der Waals surface area contributed by atoms with E-state index in [9.17, 15) is 9.18 Å². The highest BCUT2D eigenvalue weighted by molar-refractivity contribution is 6.31. The van der Waals surface area contributed by atoms with Gasteiger partial charge in [0, 0.05) is 12.2 Å². The van der Waals surface area contributed by atoms with E-state index in [1.54, 1.807) is 14.2 Å². The smallest absolute Gasteiger partial charge is 0.238 e. The first kappa shape index (κ1) is 19.0. The largest absolute Gasteiger partial charge is 0.493 e. The number of rotatable bonds is 7. The topological polar surface area (TPSA) is 50.8 Å². The van der Waals surface area contributed by atoms with Crippen molar-refractivity contribution in [1.29, 1.82) is 0 Å². The van der Waals surface area contributed by atoms with Gasteiger partial charge in [-0.2, -0.15) is 0 Å². The molecule has 0 aliphatic rings. The zero-order valence-corrected chi connectivity index (χ0v) is 15.1. The van der Waals surface area contributed by atoms with Crippen LogP contribution in [-0.2, 0) is 11.3 Å². The molecule has 25 heavy (non-hydrogen) atoms. The van der Waals surface area contributed by atoms with Gasteiger partial charge in [0.2, 0.25) is 5.91 Å². The average Bonchev–Trinajstić information content (AvgIpc) is 2.57. The average molecular weight is 367 g/mol. The van der Waals surface area contributed by atoms with Gasteiger partial charge in [-0.25, -0.2) is 4.39 Å². The summed E-state index contributed by atoms with van der Waals surface area (Å²) in [7, 11) is 4.98. The van der Waals surface area contributed by atoms with Crippen molar-refractivity contribution in [1.82, 2.24) is 4.90 Å². The number of anilines is 1. The van der Waals surface area contributed by atoms with E-state index in [-0.39, 0.29) is 17.5 Å². The molecule has 1 N–H and O–H groups in total. The third-order valence-corrected chi connectivity index (χ3v) is 3.81. The molecule has 0 aromatic heterocycles. The van der Waals surface area contributed by atoms with Crippen LogP contribution in [0.3, 0.4) is 0 Å². The van der Waals surface area contributed by atoms with E-state index in [4.69, 9.17) is 21.1 Å². The summed E-state index contributed by atoms with van der Waals surface area (Å²) in [5.74, 6) is 0.550. The van der Waals surface area contributed by atoms with Gasteiger partial charge in [0.05, 0.1) is 25.8 Å². The lowest BCUT2D eigenvalue weighted by Crippen LogP contribution is -2.29. The number of methoxy groups -OCH3 is 2. The molecule has 0 aliphatic heterocycles. The van der Waals surface area contributed by atoms with Crippen LogP contribution in [0.4, 0.5) is 10.1 Å². The molecule has 0 saturated carbocycles. The summed E-state index contributed by atoms with van der Waals surface area (Å²) in [5, 5.41) is 2.66. The van der Waals surface area contributed by atoms with E-state index >= 15 is 0 Å². The van der Waals surface area contributed by atoms with Crippen molar-refractivity contribution in [3.8, 4) is 11.5 Å². The molecule has 0 atom stereocenters. The van der Waals surface area contributed by atoms with Gasteiger partial charge in [0.25, 0.3) is 0 Å². The Morgan fingerprint density at radius 2 is 1.88 bits per heavy atom. The fraction of sp³-hybridized carbons (Fsp3) is 0.278. The Morgan fingerprint density at radius 1 is 1.16 bits per heavy atom. The molecule has 2 rings (SSSR count). The summed E-state index contributed by atoms with van der Waals surface area (Å²) in [6, 6.07) is 9.66. The molecule has 2 aromatic rings. The van der Waals surface area contributed by atoms with Crippen molar-refractivity contribution in [2.45, 2.75) is 6.54 Å². The van der Waals surface area contributed by atoms with E-state index < -0.39 is 5.82 Å². The molecular formula is C18H20ClFN2O3. The number of amides is 1. The predicted octanol–water partition coefficient (Wildman–Crippen LogP) is 3.57. The van der Waals surface area contributed by atoms with Crippen LogP contribution < -0.4 is 14.8 Å². The lowest BCUT2D eigenvalue weighted by Gasteiger charge is -2.17. The highest BCUT2D eigenvalue weighted by Gasteiger charge is 2.11. The number of nitrogens with one attached hydrogen (secondary N) is 1. The lowest BCUT2D eigenvalue weighted by atomic mass is 10.2. The van der Waals surface area contributed by atoms with Crippen molar-refractivity contribution in [3.05, 3.63) is 52.8 Å². The van der Waals surface area contributed by atoms with Gasteiger partial charge in [0.15, 0.2) is 11.5 Å². The standard InChI is InChI=1S/C18H20ClFN2O3/c1-22(10-12-4-7-16(24-2)17(8-12)25-3)11-18(23)21-13-5-6-15(20)14(19)9-13/h4-9H,10-11H2,1-3H3,(H,21,23). The van der Waals surface area contributed by atoms with E-state index in [2.05, 4.69) is 5.32 Å². The first-order valence-corrected chi connectivity index (χ1v) is 7.95. The van der Waals surface area contributed by atoms with Crippen molar-refractivity contribution in [3.63, 3.8) is 0 Å². The van der Waals surface area contributed by atoms with Gasteiger partial charge in [-0.3, -0.25) is 9.69 Å². The first-order valence-electron chi connectivity index (χ1n) is 7.57. The number of halogens is 2. The molecular weight excluding hydrogens is 347 g/mol. The summed E-state index contributed by atoms with van der Waals surface area (Å²) in [5.41, 5.74) is 1.44. The molecule has 1 amide bonds. The van der Waals surface area contributed by atoms with E-state index in [1.807, 2.05) is 30.1 Å². The molecule has 0 heterocycles. The number of likely N-dealkylation sites (N-methyl/N-ethyl adjacent to an activating group) is 1. The first-order chi connectivity index (χ1) is 11.9. The fourth-order valence-electron chi connectivity index (χ4n) is 2.37. The van der Waals surface area contributed by atoms with Gasteiger partial charge in [-0.1, -0.05) is 17.7 Å². The predicted molar refractivity (Wildman–Crippen MR) is 95.9 cm³/mol. The minimum atomic E-state index is -0.523. The lowest BCUT2D eigenvalue weighted by molar-refractivity contribution is -0.117. The number of hydrogen-bond donors (Lipinski definition) is 1. The zero-order valence-electron chi connectivity index (χ0n) is 14.3. The van der Waals surface area contributed by atoms with Gasteiger partial charge in [-0.05, 0) is 42.9 Å². The molecule has 2 aromatic carbocycles. The number of nitrogens with zero attached hydrogens (tertiary/aromatic N) is 1. The molecule has 134 valence electrons. The maximum absolute atomic E-state index is 13.1. The van der Waals surface area contributed by atoms with E-state index in [1.165, 1.54) is 18.2 Å². The second-order valence-electron chi connectivity index (χ2n) is 5.54. The van der Waals surface area contributed by atoms with Crippen molar-refractivity contribution in [2.24, 2.45) is 0 Å². The second-order valence-corrected chi connectivity index (χ2v) is 5.95. The molecule has 0 spiro atoms. The van der Waals surface area contributed by atoms with Crippen LogP contribution in [-0.4, -0.2) is 38.6 Å². The number of hydrogen-bond acceptors (Lipinski definition) is 4. The molecule has 7 heteroatoms. The highest BCUT2D eigenvalue weighted by Crippen LogP contribution is 2.28. The van der Waals surface area contributed by atoms with Crippen LogP contribution in [0.2, 0.25) is 5.02 Å². The van der Waals surface area contributed by atoms with Crippen molar-refractivity contribution in [2.75, 3.05) is 33.1 Å². The molecule has 0 fully saturated rings. The Hall–Kier alpha value is -2.31. The second kappa shape index (κ2) is 8.69. The third-order valence-electron chi connectivity index (χ3n) is 3.52. The fourth-order valence-corrected chi connectivity index (χ4v) is 2.55. The Labute approximate surface area is 151 Å². The minimum absolute atomic E-state index is 0.0310. The quantitative estimate of drug-likeness (QED) is 0.814. The van der Waals surface area contributed by atoms with Crippen molar-refractivity contribution >= 4 is 23.2 Å². The van der Waals surface area contributed by atoms with E-state index in [0.717, 1.165) is 5.56 Å². The third kappa shape index (κ3) is 5.34. The summed E-state index contributed by atoms with van der Waals surface area (Å²) < 4.78 is 23.6. The van der Waals surface area contributed by atoms with Gasteiger partial charge in [-0.15, -0.1) is 0 Å². The molecule has 0 aliphatic carbocycles. The Bertz CT molecular complexity index is 755. The maximum Gasteiger partial charge on any atom is 0.238 e. The van der Waals surface area contributed by atoms with Crippen molar-refractivity contribution < 1.29 is 18.7 Å². The normalized spacial score (nSPS) is 10.6. The van der Waals surface area contributed by atoms with Gasteiger partial charge in [0.1, 0.15) is 5.82 Å². The SMILES string of the molecule is COc1ccc(CN(C)CC(=O)Nc2ccc(F)c(Cl)c2)cc1OC. The van der Waals surface area contributed by atoms with E-state index in [0.29, 0.717) is 23.7 Å². The van der Waals surface area contributed by atoms with Crippen LogP contribution in [0.1, 0.15) is 5.56 Å². The molecule has 0 unspecified atom stereocenters. The Balaban J connectivity index is 1.94. The van der Waals surface area contributed by atoms with Crippen LogP contribution in [0.25, 0.3) is 0 Å². The van der Waals surface area contributed by atoms with Gasteiger partial charge < -0.3 is 14.8 Å². The highest BCUT2D eigenvalue weighted by atomic mass is 35.5. The summed E-state index contributed by atoms with van der Waals surface area (Å²) in [6.45, 7) is 0.724. The van der Waals surface area contributed by atoms with Crippen LogP contribution >= 0.6 is 11.6 Å². The van der Waals surface area contributed by atoms with Crippen LogP contribution in [0.15, 0.2) is 36.4 Å². The molecule has 0 saturated heterocycles. The summed E-state index contributed by atoms with van der Waals surface area (Å²) in [4.78, 5) is 13.9. The number of benzene rings is 2. The molecule has 0 radical (unpaired) electrons. The monoisotopic (exact) mass is 366 g/mol. The van der Waals surface area contributed by atoms with Gasteiger partial charge >= 0.3 is 0 Å². The Kier molecular flexibility index (Phi) is 6.61. The Morgan fingerprint density at radius 3 is 2.52 bits per heavy atom. The van der Waals surface area contributed by atoms with Crippen LogP contribution in [0, 0.1) is 5.82 Å². The number of carbonyl (C=O) groups excluding carboxylic acids is 1. The maximum atomic E-state index is 13.1. The number of ether oxygens (including phenoxy) is 2. The summed E-state index contributed by atoms with van der Waals surface area (Å²) in [6.07, 6.45) is 0. The minimum Gasteiger partial charge on any atom is -0.493 e. The van der Waals surface area contributed by atoms with Crippen LogP contribution in [0.5, 0.6) is 11.5 Å². The molecule has 5 nitrogen and oxygen atoms in total. The zero-order chi connectivity index (χ0) is 18.4. The number of carbonyl (C=O) groups is 1.